The lowest BCUT2D eigenvalue weighted by atomic mass is 10.1. The number of hydrogen-bond acceptors (Lipinski definition) is 4. The zero-order chi connectivity index (χ0) is 16.3. The van der Waals surface area contributed by atoms with Gasteiger partial charge < -0.3 is 14.8 Å². The average molecular weight is 402 g/mol. The van der Waals surface area contributed by atoms with Gasteiger partial charge in [-0.15, -0.1) is 11.8 Å². The first-order valence-corrected chi connectivity index (χ1v) is 9.82. The molecule has 0 unspecified atom stereocenters. The second-order valence-corrected chi connectivity index (χ2v) is 7.64. The van der Waals surface area contributed by atoms with Crippen LogP contribution in [0.4, 0.5) is 0 Å². The van der Waals surface area contributed by atoms with Crippen LogP contribution in [0, 0.1) is 5.92 Å². The molecule has 1 atom stereocenters. The molecule has 128 valence electrons. The largest absolute Gasteiger partial charge is 0.381 e. The summed E-state index contributed by atoms with van der Waals surface area (Å²) < 4.78 is 12.0. The van der Waals surface area contributed by atoms with Gasteiger partial charge in [-0.25, -0.2) is 0 Å². The molecule has 1 aromatic rings. The van der Waals surface area contributed by atoms with Crippen molar-refractivity contribution in [1.29, 1.82) is 0 Å². The number of rotatable bonds is 10. The molecule has 1 N–H and O–H groups in total. The Morgan fingerprint density at radius 2 is 2.22 bits per heavy atom. The zero-order valence-electron chi connectivity index (χ0n) is 13.3. The van der Waals surface area contributed by atoms with E-state index in [1.165, 1.54) is 4.90 Å². The topological polar surface area (TPSA) is 47.6 Å². The molecule has 23 heavy (non-hydrogen) atoms. The van der Waals surface area contributed by atoms with Crippen molar-refractivity contribution >= 4 is 33.6 Å². The highest BCUT2D eigenvalue weighted by atomic mass is 79.9. The smallest absolute Gasteiger partial charge is 0.220 e. The van der Waals surface area contributed by atoms with Gasteiger partial charge in [0.2, 0.25) is 5.91 Å². The maximum Gasteiger partial charge on any atom is 0.220 e. The Bertz CT molecular complexity index is 463. The molecule has 1 amide bonds. The van der Waals surface area contributed by atoms with E-state index < -0.39 is 0 Å². The molecular weight excluding hydrogens is 378 g/mol. The zero-order valence-corrected chi connectivity index (χ0v) is 15.7. The lowest BCUT2D eigenvalue weighted by molar-refractivity contribution is -0.120. The number of ether oxygens (including phenoxy) is 2. The molecule has 1 heterocycles. The van der Waals surface area contributed by atoms with Gasteiger partial charge in [-0.05, 0) is 37.1 Å². The second-order valence-electron chi connectivity index (χ2n) is 5.56. The highest BCUT2D eigenvalue weighted by Gasteiger charge is 2.15. The van der Waals surface area contributed by atoms with Crippen LogP contribution in [0.25, 0.3) is 0 Å². The minimum atomic E-state index is 0.110. The predicted octanol–water partition coefficient (Wildman–Crippen LogP) is 3.49. The molecule has 0 aliphatic carbocycles. The predicted molar refractivity (Wildman–Crippen MR) is 96.9 cm³/mol. The number of nitrogens with one attached hydrogen (secondary N) is 1. The second kappa shape index (κ2) is 11.1. The van der Waals surface area contributed by atoms with Crippen molar-refractivity contribution in [2.45, 2.75) is 24.2 Å². The Kier molecular flexibility index (Phi) is 9.04. The fourth-order valence-electron chi connectivity index (χ4n) is 2.25. The van der Waals surface area contributed by atoms with Gasteiger partial charge in [0.15, 0.2) is 0 Å². The fraction of sp³-hybridized carbons (Fsp3) is 0.588. The summed E-state index contributed by atoms with van der Waals surface area (Å²) in [5, 5.41) is 2.94. The van der Waals surface area contributed by atoms with Gasteiger partial charge in [0, 0.05) is 47.2 Å². The lowest BCUT2D eigenvalue weighted by Crippen LogP contribution is -2.25. The van der Waals surface area contributed by atoms with Gasteiger partial charge in [-0.2, -0.15) is 0 Å². The molecule has 2 rings (SSSR count). The summed E-state index contributed by atoms with van der Waals surface area (Å²) in [6, 6.07) is 8.14. The van der Waals surface area contributed by atoms with E-state index in [2.05, 4.69) is 33.4 Å². The molecule has 1 aliphatic heterocycles. The average Bonchev–Trinajstić information content (AvgIpc) is 3.06. The van der Waals surface area contributed by atoms with Crippen molar-refractivity contribution in [3.8, 4) is 0 Å². The number of thioether (sulfide) groups is 1. The summed E-state index contributed by atoms with van der Waals surface area (Å²) in [5.41, 5.74) is 0. The molecular formula is C17H24BrNO3S. The fourth-order valence-corrected chi connectivity index (χ4v) is 3.36. The Morgan fingerprint density at radius 1 is 1.39 bits per heavy atom. The molecule has 1 aliphatic rings. The molecule has 0 spiro atoms. The van der Waals surface area contributed by atoms with Crippen molar-refractivity contribution in [1.82, 2.24) is 5.32 Å². The monoisotopic (exact) mass is 401 g/mol. The van der Waals surface area contributed by atoms with Crippen LogP contribution in [0.15, 0.2) is 33.6 Å². The van der Waals surface area contributed by atoms with E-state index in [1.54, 1.807) is 11.8 Å². The molecule has 0 aromatic heterocycles. The van der Waals surface area contributed by atoms with E-state index in [0.29, 0.717) is 25.5 Å². The van der Waals surface area contributed by atoms with Crippen molar-refractivity contribution in [2.24, 2.45) is 5.92 Å². The molecule has 1 fully saturated rings. The number of carbonyl (C=O) groups excluding carboxylic acids is 1. The highest BCUT2D eigenvalue weighted by Crippen LogP contribution is 2.21. The Labute approximate surface area is 150 Å². The van der Waals surface area contributed by atoms with Crippen LogP contribution >= 0.6 is 27.7 Å². The van der Waals surface area contributed by atoms with Crippen LogP contribution in [0.3, 0.4) is 0 Å². The summed E-state index contributed by atoms with van der Waals surface area (Å²) >= 11 is 5.11. The maximum atomic E-state index is 11.7. The minimum Gasteiger partial charge on any atom is -0.381 e. The Morgan fingerprint density at radius 3 is 2.96 bits per heavy atom. The van der Waals surface area contributed by atoms with Crippen molar-refractivity contribution in [3.63, 3.8) is 0 Å². The Balaban J connectivity index is 1.43. The van der Waals surface area contributed by atoms with Crippen LogP contribution in [0.1, 0.15) is 19.3 Å². The third-order valence-corrected chi connectivity index (χ3v) is 5.12. The maximum absolute atomic E-state index is 11.7. The third kappa shape index (κ3) is 8.20. The lowest BCUT2D eigenvalue weighted by Gasteiger charge is -2.09. The highest BCUT2D eigenvalue weighted by molar-refractivity contribution is 9.10. The number of hydrogen-bond donors (Lipinski definition) is 1. The minimum absolute atomic E-state index is 0.110. The van der Waals surface area contributed by atoms with Crippen LogP contribution in [0.2, 0.25) is 0 Å². The SMILES string of the molecule is O=C(CCSc1ccc(Br)cc1)NCCCOC[C@H]1CCOC1. The van der Waals surface area contributed by atoms with Gasteiger partial charge in [0.1, 0.15) is 0 Å². The van der Waals surface area contributed by atoms with Crippen molar-refractivity contribution in [3.05, 3.63) is 28.7 Å². The van der Waals surface area contributed by atoms with E-state index >= 15 is 0 Å². The normalized spacial score (nSPS) is 17.3. The van der Waals surface area contributed by atoms with E-state index in [-0.39, 0.29) is 5.91 Å². The van der Waals surface area contributed by atoms with Gasteiger partial charge in [-0.1, -0.05) is 15.9 Å². The van der Waals surface area contributed by atoms with Crippen molar-refractivity contribution in [2.75, 3.05) is 38.7 Å². The number of halogens is 1. The summed E-state index contributed by atoms with van der Waals surface area (Å²) in [5.74, 6) is 1.46. The molecule has 6 heteroatoms. The quantitative estimate of drug-likeness (QED) is 0.481. The molecule has 4 nitrogen and oxygen atoms in total. The van der Waals surface area contributed by atoms with Crippen LogP contribution < -0.4 is 5.32 Å². The Hall–Kier alpha value is -0.560. The van der Waals surface area contributed by atoms with E-state index in [0.717, 1.165) is 42.9 Å². The van der Waals surface area contributed by atoms with Gasteiger partial charge in [-0.3, -0.25) is 4.79 Å². The van der Waals surface area contributed by atoms with Gasteiger partial charge in [0.05, 0.1) is 13.2 Å². The van der Waals surface area contributed by atoms with Gasteiger partial charge in [0.25, 0.3) is 0 Å². The molecule has 1 saturated heterocycles. The summed E-state index contributed by atoms with van der Waals surface area (Å²) in [6.45, 7) is 3.85. The van der Waals surface area contributed by atoms with E-state index in [9.17, 15) is 4.79 Å². The standard InChI is InChI=1S/C17H24BrNO3S/c18-15-2-4-16(5-3-15)23-11-7-17(20)19-8-1-9-21-12-14-6-10-22-13-14/h2-5,14H,1,6-13H2,(H,19,20)/t14-/m1/s1. The van der Waals surface area contributed by atoms with Crippen LogP contribution in [-0.4, -0.2) is 44.6 Å². The van der Waals surface area contributed by atoms with Crippen LogP contribution in [0.5, 0.6) is 0 Å². The summed E-state index contributed by atoms with van der Waals surface area (Å²) in [7, 11) is 0. The van der Waals surface area contributed by atoms with E-state index in [4.69, 9.17) is 9.47 Å². The van der Waals surface area contributed by atoms with Gasteiger partial charge >= 0.3 is 0 Å². The summed E-state index contributed by atoms with van der Waals surface area (Å²) in [6.07, 6.45) is 2.51. The number of amides is 1. The van der Waals surface area contributed by atoms with Crippen LogP contribution in [-0.2, 0) is 14.3 Å². The molecule has 1 aromatic carbocycles. The molecule has 0 bridgehead atoms. The first-order chi connectivity index (χ1) is 11.2. The molecule has 0 radical (unpaired) electrons. The van der Waals surface area contributed by atoms with E-state index in [1.807, 2.05) is 12.1 Å². The molecule has 0 saturated carbocycles. The summed E-state index contributed by atoms with van der Waals surface area (Å²) in [4.78, 5) is 12.9. The number of benzene rings is 1. The third-order valence-electron chi connectivity index (χ3n) is 3.58. The first kappa shape index (κ1) is 18.8. The number of carbonyl (C=O) groups is 1. The van der Waals surface area contributed by atoms with Crippen molar-refractivity contribution < 1.29 is 14.3 Å². The first-order valence-electron chi connectivity index (χ1n) is 8.04.